The monoisotopic (exact) mass is 417 g/mol. The summed E-state index contributed by atoms with van der Waals surface area (Å²) in [4.78, 5) is 24.3. The third-order valence-electron chi connectivity index (χ3n) is 4.71. The van der Waals surface area contributed by atoms with Gasteiger partial charge in [-0.3, -0.25) is 4.79 Å². The first-order valence-corrected chi connectivity index (χ1v) is 9.66. The molecule has 0 heterocycles. The summed E-state index contributed by atoms with van der Waals surface area (Å²) in [6.07, 6.45) is 0.713. The minimum atomic E-state index is -1.62. The molecule has 0 saturated heterocycles. The van der Waals surface area contributed by atoms with Gasteiger partial charge in [0.1, 0.15) is 11.5 Å². The van der Waals surface area contributed by atoms with Crippen LogP contribution < -0.4 is 9.64 Å². The average Bonchev–Trinajstić information content (AvgIpc) is 2.79. The second-order valence-corrected chi connectivity index (χ2v) is 6.94. The zero-order chi connectivity index (χ0) is 22.2. The Kier molecular flexibility index (Phi) is 7.06. The summed E-state index contributed by atoms with van der Waals surface area (Å²) in [5.74, 6) is -2.43. The van der Waals surface area contributed by atoms with Gasteiger partial charge in [-0.2, -0.15) is 0 Å². The van der Waals surface area contributed by atoms with Crippen LogP contribution in [0.15, 0.2) is 84.9 Å². The molecule has 6 nitrogen and oxygen atoms in total. The minimum absolute atomic E-state index is 0.357. The first kappa shape index (κ1) is 21.6. The Labute approximate surface area is 180 Å². The molecule has 0 saturated carbocycles. The maximum absolute atomic E-state index is 11.4. The van der Waals surface area contributed by atoms with E-state index in [2.05, 4.69) is 4.90 Å². The van der Waals surface area contributed by atoms with Crippen molar-refractivity contribution in [3.8, 4) is 5.75 Å². The number of methoxy groups -OCH3 is 1. The molecule has 6 heteroatoms. The Morgan fingerprint density at radius 3 is 2.26 bits per heavy atom. The van der Waals surface area contributed by atoms with Gasteiger partial charge in [-0.15, -0.1) is 0 Å². The number of aliphatic hydroxyl groups excluding tert-OH is 1. The largest absolute Gasteiger partial charge is 0.507 e. The molecule has 0 atom stereocenters. The van der Waals surface area contributed by atoms with E-state index in [1.807, 2.05) is 60.7 Å². The van der Waals surface area contributed by atoms with Crippen molar-refractivity contribution in [2.45, 2.75) is 13.1 Å². The van der Waals surface area contributed by atoms with Gasteiger partial charge < -0.3 is 19.8 Å². The standard InChI is InChI=1S/C25H23NO5/c1-31-22-12-5-9-19(13-22)17-26(16-18-7-3-2-4-8-18)21-11-6-10-20(14-21)23(27)15-24(28)25(29)30/h2-15,27H,16-17H2,1H3,(H,29,30)/b23-15-. The minimum Gasteiger partial charge on any atom is -0.507 e. The summed E-state index contributed by atoms with van der Waals surface area (Å²) in [6, 6.07) is 24.8. The number of benzene rings is 3. The molecule has 0 fully saturated rings. The molecule has 3 aromatic carbocycles. The topological polar surface area (TPSA) is 87.1 Å². The van der Waals surface area contributed by atoms with Gasteiger partial charge in [0.15, 0.2) is 0 Å². The highest BCUT2D eigenvalue weighted by Gasteiger charge is 2.14. The zero-order valence-corrected chi connectivity index (χ0v) is 17.1. The van der Waals surface area contributed by atoms with E-state index < -0.39 is 17.5 Å². The van der Waals surface area contributed by atoms with Crippen LogP contribution in [0, 0.1) is 0 Å². The molecule has 0 aliphatic rings. The molecule has 158 valence electrons. The molecular weight excluding hydrogens is 394 g/mol. The number of carboxylic acid groups (broad SMARTS) is 1. The summed E-state index contributed by atoms with van der Waals surface area (Å²) < 4.78 is 5.33. The number of rotatable bonds is 9. The van der Waals surface area contributed by atoms with Crippen LogP contribution in [0.2, 0.25) is 0 Å². The van der Waals surface area contributed by atoms with Gasteiger partial charge in [0, 0.05) is 30.4 Å². The molecule has 0 aliphatic heterocycles. The van der Waals surface area contributed by atoms with Crippen molar-refractivity contribution in [1.29, 1.82) is 0 Å². The molecule has 0 radical (unpaired) electrons. The van der Waals surface area contributed by atoms with Crippen LogP contribution in [0.3, 0.4) is 0 Å². The first-order valence-electron chi connectivity index (χ1n) is 9.66. The Bertz CT molecular complexity index is 1090. The number of carbonyl (C=O) groups is 2. The third-order valence-corrected chi connectivity index (χ3v) is 4.71. The van der Waals surface area contributed by atoms with E-state index in [4.69, 9.17) is 9.84 Å². The van der Waals surface area contributed by atoms with Crippen LogP contribution in [0.25, 0.3) is 5.76 Å². The smallest absolute Gasteiger partial charge is 0.376 e. The maximum Gasteiger partial charge on any atom is 0.376 e. The highest BCUT2D eigenvalue weighted by molar-refractivity contribution is 6.38. The van der Waals surface area contributed by atoms with E-state index >= 15 is 0 Å². The van der Waals surface area contributed by atoms with Crippen LogP contribution in [0.1, 0.15) is 16.7 Å². The van der Waals surface area contributed by atoms with E-state index in [0.29, 0.717) is 24.7 Å². The summed E-state index contributed by atoms with van der Waals surface area (Å²) in [7, 11) is 1.62. The van der Waals surface area contributed by atoms with E-state index in [0.717, 1.165) is 22.6 Å². The molecule has 3 aromatic rings. The first-order chi connectivity index (χ1) is 15.0. The van der Waals surface area contributed by atoms with E-state index in [9.17, 15) is 14.7 Å². The van der Waals surface area contributed by atoms with Gasteiger partial charge >= 0.3 is 5.97 Å². The SMILES string of the molecule is COc1cccc(CN(Cc2ccccc2)c2cccc(/C(O)=C/C(=O)C(=O)O)c2)c1. The Balaban J connectivity index is 1.94. The van der Waals surface area contributed by atoms with Gasteiger partial charge in [0.25, 0.3) is 5.78 Å². The van der Waals surface area contributed by atoms with Crippen molar-refractivity contribution in [1.82, 2.24) is 0 Å². The zero-order valence-electron chi connectivity index (χ0n) is 17.1. The van der Waals surface area contributed by atoms with Crippen molar-refractivity contribution >= 4 is 23.2 Å². The van der Waals surface area contributed by atoms with Crippen LogP contribution in [-0.2, 0) is 22.7 Å². The average molecular weight is 417 g/mol. The van der Waals surface area contributed by atoms with E-state index in [1.54, 1.807) is 25.3 Å². The van der Waals surface area contributed by atoms with Gasteiger partial charge in [0.05, 0.1) is 7.11 Å². The second kappa shape index (κ2) is 10.1. The molecular formula is C25H23NO5. The lowest BCUT2D eigenvalue weighted by atomic mass is 10.1. The molecule has 3 rings (SSSR count). The number of carbonyl (C=O) groups excluding carboxylic acids is 1. The Morgan fingerprint density at radius 1 is 0.871 bits per heavy atom. The predicted molar refractivity (Wildman–Crippen MR) is 119 cm³/mol. The van der Waals surface area contributed by atoms with Crippen LogP contribution in [-0.4, -0.2) is 29.1 Å². The number of nitrogens with zero attached hydrogens (tertiary/aromatic N) is 1. The Hall–Kier alpha value is -4.06. The van der Waals surface area contributed by atoms with Crippen LogP contribution in [0.4, 0.5) is 5.69 Å². The number of aliphatic hydroxyl groups is 1. The van der Waals surface area contributed by atoms with Gasteiger partial charge in [0.2, 0.25) is 0 Å². The molecule has 0 amide bonds. The fraction of sp³-hybridized carbons (Fsp3) is 0.120. The van der Waals surface area contributed by atoms with Gasteiger partial charge in [-0.1, -0.05) is 54.6 Å². The predicted octanol–water partition coefficient (Wildman–Crippen LogP) is 4.45. The van der Waals surface area contributed by atoms with Crippen molar-refractivity contribution in [2.24, 2.45) is 0 Å². The quantitative estimate of drug-likeness (QED) is 0.304. The number of hydrogen-bond donors (Lipinski definition) is 2. The van der Waals surface area contributed by atoms with Gasteiger partial charge in [-0.25, -0.2) is 4.79 Å². The van der Waals surface area contributed by atoms with Gasteiger partial charge in [-0.05, 0) is 35.4 Å². The fourth-order valence-corrected chi connectivity index (χ4v) is 3.16. The number of ether oxygens (including phenoxy) is 1. The molecule has 0 bridgehead atoms. The van der Waals surface area contributed by atoms with Crippen molar-refractivity contribution in [3.05, 3.63) is 102 Å². The Morgan fingerprint density at radius 2 is 1.55 bits per heavy atom. The second-order valence-electron chi connectivity index (χ2n) is 6.94. The summed E-state index contributed by atoms with van der Waals surface area (Å²) >= 11 is 0. The highest BCUT2D eigenvalue weighted by Crippen LogP contribution is 2.25. The number of ketones is 1. The van der Waals surface area contributed by atoms with E-state index in [1.165, 1.54) is 0 Å². The lowest BCUT2D eigenvalue weighted by molar-refractivity contribution is -0.146. The molecule has 0 spiro atoms. The summed E-state index contributed by atoms with van der Waals surface area (Å²) in [5.41, 5.74) is 3.32. The summed E-state index contributed by atoms with van der Waals surface area (Å²) in [5, 5.41) is 19.0. The molecule has 0 aromatic heterocycles. The van der Waals surface area contributed by atoms with Crippen molar-refractivity contribution < 1.29 is 24.5 Å². The molecule has 31 heavy (non-hydrogen) atoms. The van der Waals surface area contributed by atoms with E-state index in [-0.39, 0.29) is 0 Å². The third kappa shape index (κ3) is 5.96. The van der Waals surface area contributed by atoms with Crippen molar-refractivity contribution in [3.63, 3.8) is 0 Å². The maximum atomic E-state index is 11.4. The number of aliphatic carboxylic acids is 1. The number of hydrogen-bond acceptors (Lipinski definition) is 5. The molecule has 0 aliphatic carbocycles. The van der Waals surface area contributed by atoms with Crippen LogP contribution in [0.5, 0.6) is 5.75 Å². The van der Waals surface area contributed by atoms with Crippen LogP contribution >= 0.6 is 0 Å². The molecule has 0 unspecified atom stereocenters. The highest BCUT2D eigenvalue weighted by atomic mass is 16.5. The summed E-state index contributed by atoms with van der Waals surface area (Å²) in [6.45, 7) is 1.19. The van der Waals surface area contributed by atoms with Crippen molar-refractivity contribution in [2.75, 3.05) is 12.0 Å². The normalized spacial score (nSPS) is 11.1. The fourth-order valence-electron chi connectivity index (χ4n) is 3.16. The number of carboxylic acids is 1. The lowest BCUT2D eigenvalue weighted by Crippen LogP contribution is -2.22. The lowest BCUT2D eigenvalue weighted by Gasteiger charge is -2.26. The molecule has 2 N–H and O–H groups in total. The number of anilines is 1.